The SMILES string of the molecule is Cl.Cl.c1cc(C2CCNC2)ccn1. The number of nitrogens with zero attached hydrogens (tertiary/aromatic N) is 1. The minimum absolute atomic E-state index is 0. The van der Waals surface area contributed by atoms with Gasteiger partial charge in [-0.1, -0.05) is 0 Å². The molecule has 4 heteroatoms. The minimum Gasteiger partial charge on any atom is -0.316 e. The van der Waals surface area contributed by atoms with Crippen molar-refractivity contribution in [2.75, 3.05) is 13.1 Å². The summed E-state index contributed by atoms with van der Waals surface area (Å²) in [6, 6.07) is 4.22. The summed E-state index contributed by atoms with van der Waals surface area (Å²) in [5, 5.41) is 3.35. The topological polar surface area (TPSA) is 24.9 Å². The monoisotopic (exact) mass is 220 g/mol. The van der Waals surface area contributed by atoms with Gasteiger partial charge < -0.3 is 5.32 Å². The van der Waals surface area contributed by atoms with Gasteiger partial charge >= 0.3 is 0 Å². The molecule has 0 aliphatic carbocycles. The lowest BCUT2D eigenvalue weighted by atomic mass is 10.0. The van der Waals surface area contributed by atoms with Gasteiger partial charge in [0.1, 0.15) is 0 Å². The van der Waals surface area contributed by atoms with E-state index in [0.29, 0.717) is 0 Å². The second-order valence-corrected chi connectivity index (χ2v) is 2.97. The molecule has 1 unspecified atom stereocenters. The summed E-state index contributed by atoms with van der Waals surface area (Å²) in [7, 11) is 0. The standard InChI is InChI=1S/C9H12N2.2ClH/c1-4-10-5-2-8(1)9-3-6-11-7-9;;/h1-2,4-5,9,11H,3,6-7H2;2*1H. The molecule has 0 spiro atoms. The molecule has 0 aromatic carbocycles. The first-order chi connectivity index (χ1) is 5.47. The quantitative estimate of drug-likeness (QED) is 0.784. The van der Waals surface area contributed by atoms with E-state index in [4.69, 9.17) is 0 Å². The van der Waals surface area contributed by atoms with Gasteiger partial charge in [0.2, 0.25) is 0 Å². The van der Waals surface area contributed by atoms with Crippen LogP contribution in [0.25, 0.3) is 0 Å². The molecule has 1 aromatic rings. The number of nitrogens with one attached hydrogen (secondary N) is 1. The number of rotatable bonds is 1. The Bertz CT molecular complexity index is 222. The van der Waals surface area contributed by atoms with Crippen LogP contribution in [-0.2, 0) is 0 Å². The first kappa shape index (κ1) is 12.7. The van der Waals surface area contributed by atoms with Gasteiger partial charge in [-0.05, 0) is 36.6 Å². The fourth-order valence-corrected chi connectivity index (χ4v) is 1.57. The Balaban J connectivity index is 0.000000720. The highest BCUT2D eigenvalue weighted by Crippen LogP contribution is 2.20. The van der Waals surface area contributed by atoms with E-state index < -0.39 is 0 Å². The van der Waals surface area contributed by atoms with Gasteiger partial charge in [-0.3, -0.25) is 4.98 Å². The Hall–Kier alpha value is -0.310. The van der Waals surface area contributed by atoms with Crippen molar-refractivity contribution < 1.29 is 0 Å². The molecule has 1 aromatic heterocycles. The molecule has 0 saturated carbocycles. The highest BCUT2D eigenvalue weighted by molar-refractivity contribution is 5.85. The number of hydrogen-bond acceptors (Lipinski definition) is 2. The maximum atomic E-state index is 4.00. The van der Waals surface area contributed by atoms with Gasteiger partial charge in [0, 0.05) is 18.9 Å². The summed E-state index contributed by atoms with van der Waals surface area (Å²) in [6.45, 7) is 2.29. The molecule has 1 aliphatic heterocycles. The highest BCUT2D eigenvalue weighted by Gasteiger charge is 2.15. The Morgan fingerprint density at radius 1 is 1.23 bits per heavy atom. The third-order valence-corrected chi connectivity index (χ3v) is 2.24. The molecule has 0 bridgehead atoms. The fourth-order valence-electron chi connectivity index (χ4n) is 1.57. The zero-order valence-electron chi connectivity index (χ0n) is 7.27. The van der Waals surface area contributed by atoms with Crippen LogP contribution in [-0.4, -0.2) is 18.1 Å². The molecule has 0 radical (unpaired) electrons. The molecule has 1 saturated heterocycles. The van der Waals surface area contributed by atoms with Crippen molar-refractivity contribution >= 4 is 24.8 Å². The molecule has 74 valence electrons. The maximum Gasteiger partial charge on any atom is 0.0270 e. The number of hydrogen-bond donors (Lipinski definition) is 1. The van der Waals surface area contributed by atoms with Crippen LogP contribution in [0.4, 0.5) is 0 Å². The first-order valence-corrected chi connectivity index (χ1v) is 4.07. The van der Waals surface area contributed by atoms with Gasteiger partial charge in [0.05, 0.1) is 0 Å². The minimum atomic E-state index is 0. The molecule has 1 atom stereocenters. The Labute approximate surface area is 91.0 Å². The predicted molar refractivity (Wildman–Crippen MR) is 59.0 cm³/mol. The lowest BCUT2D eigenvalue weighted by Gasteiger charge is -2.06. The molecule has 2 rings (SSSR count). The third kappa shape index (κ3) is 3.14. The molecule has 1 aliphatic rings. The van der Waals surface area contributed by atoms with Crippen LogP contribution in [0.15, 0.2) is 24.5 Å². The predicted octanol–water partition coefficient (Wildman–Crippen LogP) is 2.00. The van der Waals surface area contributed by atoms with Crippen LogP contribution in [0, 0.1) is 0 Å². The highest BCUT2D eigenvalue weighted by atomic mass is 35.5. The molecule has 2 heterocycles. The molecule has 1 N–H and O–H groups in total. The number of aromatic nitrogens is 1. The molecule has 13 heavy (non-hydrogen) atoms. The van der Waals surface area contributed by atoms with Gasteiger partial charge in [-0.2, -0.15) is 0 Å². The molecule has 2 nitrogen and oxygen atoms in total. The fraction of sp³-hybridized carbons (Fsp3) is 0.444. The van der Waals surface area contributed by atoms with Crippen LogP contribution in [0.2, 0.25) is 0 Å². The van der Waals surface area contributed by atoms with Crippen LogP contribution in [0.1, 0.15) is 17.9 Å². The van der Waals surface area contributed by atoms with Crippen molar-refractivity contribution in [2.45, 2.75) is 12.3 Å². The number of pyridine rings is 1. The summed E-state index contributed by atoms with van der Waals surface area (Å²) in [6.07, 6.45) is 5.01. The molecular formula is C9H14Cl2N2. The van der Waals surface area contributed by atoms with Gasteiger partial charge in [0.15, 0.2) is 0 Å². The van der Waals surface area contributed by atoms with E-state index in [1.165, 1.54) is 12.0 Å². The maximum absolute atomic E-state index is 4.00. The van der Waals surface area contributed by atoms with E-state index in [2.05, 4.69) is 22.4 Å². The van der Waals surface area contributed by atoms with Crippen molar-refractivity contribution in [1.82, 2.24) is 10.3 Å². The van der Waals surface area contributed by atoms with Crippen molar-refractivity contribution in [3.63, 3.8) is 0 Å². The molecular weight excluding hydrogens is 207 g/mol. The van der Waals surface area contributed by atoms with Gasteiger partial charge in [-0.15, -0.1) is 24.8 Å². The summed E-state index contributed by atoms with van der Waals surface area (Å²) >= 11 is 0. The van der Waals surface area contributed by atoms with Crippen molar-refractivity contribution in [3.05, 3.63) is 30.1 Å². The summed E-state index contributed by atoms with van der Waals surface area (Å²) in [5.41, 5.74) is 1.42. The smallest absolute Gasteiger partial charge is 0.0270 e. The van der Waals surface area contributed by atoms with Crippen LogP contribution < -0.4 is 5.32 Å². The van der Waals surface area contributed by atoms with E-state index in [1.807, 2.05) is 12.4 Å². The van der Waals surface area contributed by atoms with E-state index >= 15 is 0 Å². The first-order valence-electron chi connectivity index (χ1n) is 4.07. The van der Waals surface area contributed by atoms with Crippen molar-refractivity contribution in [2.24, 2.45) is 0 Å². The molecule has 1 fully saturated rings. The van der Waals surface area contributed by atoms with E-state index in [-0.39, 0.29) is 24.8 Å². The van der Waals surface area contributed by atoms with Gasteiger partial charge in [0.25, 0.3) is 0 Å². The second kappa shape index (κ2) is 6.19. The summed E-state index contributed by atoms with van der Waals surface area (Å²) in [4.78, 5) is 4.00. The summed E-state index contributed by atoms with van der Waals surface area (Å²) in [5.74, 6) is 0.720. The normalized spacial score (nSPS) is 20.2. The zero-order chi connectivity index (χ0) is 7.52. The third-order valence-electron chi connectivity index (χ3n) is 2.24. The van der Waals surface area contributed by atoms with Gasteiger partial charge in [-0.25, -0.2) is 0 Å². The van der Waals surface area contributed by atoms with Crippen LogP contribution in [0.5, 0.6) is 0 Å². The van der Waals surface area contributed by atoms with Crippen LogP contribution in [0.3, 0.4) is 0 Å². The van der Waals surface area contributed by atoms with E-state index in [1.54, 1.807) is 0 Å². The second-order valence-electron chi connectivity index (χ2n) is 2.97. The average molecular weight is 221 g/mol. The Morgan fingerprint density at radius 2 is 1.92 bits per heavy atom. The average Bonchev–Trinajstić information content (AvgIpc) is 2.58. The van der Waals surface area contributed by atoms with E-state index in [0.717, 1.165) is 19.0 Å². The van der Waals surface area contributed by atoms with Crippen molar-refractivity contribution in [3.8, 4) is 0 Å². The Kier molecular flexibility index (Phi) is 6.04. The number of halogens is 2. The summed E-state index contributed by atoms with van der Waals surface area (Å²) < 4.78 is 0. The van der Waals surface area contributed by atoms with E-state index in [9.17, 15) is 0 Å². The van der Waals surface area contributed by atoms with Crippen LogP contribution >= 0.6 is 24.8 Å². The molecule has 0 amide bonds. The van der Waals surface area contributed by atoms with Crippen molar-refractivity contribution in [1.29, 1.82) is 0 Å². The zero-order valence-corrected chi connectivity index (χ0v) is 8.90. The largest absolute Gasteiger partial charge is 0.316 e. The lowest BCUT2D eigenvalue weighted by molar-refractivity contribution is 0.761. The Morgan fingerprint density at radius 3 is 2.46 bits per heavy atom. The lowest BCUT2D eigenvalue weighted by Crippen LogP contribution is -2.07.